The third kappa shape index (κ3) is 6.16. The van der Waals surface area contributed by atoms with Crippen molar-refractivity contribution in [2.75, 3.05) is 11.9 Å². The number of nitrogens with one attached hydrogen (secondary N) is 1. The summed E-state index contributed by atoms with van der Waals surface area (Å²) in [5, 5.41) is 2.50. The first-order chi connectivity index (χ1) is 12.3. The van der Waals surface area contributed by atoms with Crippen LogP contribution in [0.5, 0.6) is 5.75 Å². The fourth-order valence-electron chi connectivity index (χ4n) is 2.19. The monoisotopic (exact) mass is 363 g/mol. The first-order valence-electron chi connectivity index (χ1n) is 7.90. The van der Waals surface area contributed by atoms with Crippen molar-refractivity contribution >= 4 is 17.6 Å². The lowest BCUT2D eigenvalue weighted by Crippen LogP contribution is -2.21. The fourth-order valence-corrected chi connectivity index (χ4v) is 2.19. The van der Waals surface area contributed by atoms with Gasteiger partial charge in [0.1, 0.15) is 5.75 Å². The van der Waals surface area contributed by atoms with Crippen LogP contribution in [0.3, 0.4) is 0 Å². The highest BCUT2D eigenvalue weighted by atomic mass is 19.3. The zero-order valence-corrected chi connectivity index (χ0v) is 14.4. The molecule has 0 aliphatic rings. The minimum Gasteiger partial charge on any atom is -0.455 e. The Kier molecular flexibility index (Phi) is 6.66. The zero-order valence-electron chi connectivity index (χ0n) is 14.4. The van der Waals surface area contributed by atoms with Crippen molar-refractivity contribution in [2.45, 2.75) is 26.9 Å². The van der Waals surface area contributed by atoms with Crippen LogP contribution < -0.4 is 10.1 Å². The van der Waals surface area contributed by atoms with Gasteiger partial charge in [0.05, 0.1) is 6.42 Å². The number of benzene rings is 2. The standard InChI is InChI=1S/C19H19F2NO4/c1-12-3-4-14(9-13(12)2)10-18(24)25-11-17(23)22-15-5-7-16(8-6-15)26-19(20)21/h3-9,19H,10-11H2,1-2H3,(H,22,23). The van der Waals surface area contributed by atoms with Crippen molar-refractivity contribution in [2.24, 2.45) is 0 Å². The van der Waals surface area contributed by atoms with E-state index in [-0.39, 0.29) is 12.2 Å². The van der Waals surface area contributed by atoms with E-state index in [9.17, 15) is 18.4 Å². The Morgan fingerprint density at radius 1 is 1.04 bits per heavy atom. The maximum Gasteiger partial charge on any atom is 0.387 e. The molecule has 0 aromatic heterocycles. The highest BCUT2D eigenvalue weighted by Gasteiger charge is 2.10. The average molecular weight is 363 g/mol. The van der Waals surface area contributed by atoms with Gasteiger partial charge in [0, 0.05) is 5.69 Å². The Balaban J connectivity index is 1.78. The Morgan fingerprint density at radius 2 is 1.73 bits per heavy atom. The highest BCUT2D eigenvalue weighted by Crippen LogP contribution is 2.17. The molecular weight excluding hydrogens is 344 g/mol. The second kappa shape index (κ2) is 8.94. The molecule has 1 N–H and O–H groups in total. The predicted molar refractivity (Wildman–Crippen MR) is 92.3 cm³/mol. The van der Waals surface area contributed by atoms with Crippen LogP contribution in [0.2, 0.25) is 0 Å². The van der Waals surface area contributed by atoms with Gasteiger partial charge < -0.3 is 14.8 Å². The van der Waals surface area contributed by atoms with E-state index in [1.54, 1.807) is 0 Å². The molecule has 0 atom stereocenters. The topological polar surface area (TPSA) is 64.6 Å². The molecule has 0 bridgehead atoms. The van der Waals surface area contributed by atoms with Crippen molar-refractivity contribution in [1.29, 1.82) is 0 Å². The van der Waals surface area contributed by atoms with E-state index in [1.807, 2.05) is 32.0 Å². The summed E-state index contributed by atoms with van der Waals surface area (Å²) in [7, 11) is 0. The van der Waals surface area contributed by atoms with Crippen LogP contribution in [0, 0.1) is 13.8 Å². The fraction of sp³-hybridized carbons (Fsp3) is 0.263. The summed E-state index contributed by atoms with van der Waals surface area (Å²) in [6.07, 6.45) is 0.0774. The predicted octanol–water partition coefficient (Wildman–Crippen LogP) is 3.63. The van der Waals surface area contributed by atoms with Crippen LogP contribution in [0.25, 0.3) is 0 Å². The Hall–Kier alpha value is -2.96. The van der Waals surface area contributed by atoms with Crippen LogP contribution >= 0.6 is 0 Å². The smallest absolute Gasteiger partial charge is 0.387 e. The minimum atomic E-state index is -2.91. The number of hydrogen-bond acceptors (Lipinski definition) is 4. The number of hydrogen-bond donors (Lipinski definition) is 1. The summed E-state index contributed by atoms with van der Waals surface area (Å²) < 4.78 is 33.3. The average Bonchev–Trinajstić information content (AvgIpc) is 2.58. The first-order valence-corrected chi connectivity index (χ1v) is 7.90. The normalized spacial score (nSPS) is 10.5. The van der Waals surface area contributed by atoms with Gasteiger partial charge in [-0.1, -0.05) is 18.2 Å². The SMILES string of the molecule is Cc1ccc(CC(=O)OCC(=O)Nc2ccc(OC(F)F)cc2)cc1C. The molecule has 0 fully saturated rings. The highest BCUT2D eigenvalue weighted by molar-refractivity contribution is 5.92. The van der Waals surface area contributed by atoms with Gasteiger partial charge in [-0.2, -0.15) is 8.78 Å². The molecule has 0 aliphatic carbocycles. The minimum absolute atomic E-state index is 0.0159. The summed E-state index contributed by atoms with van der Waals surface area (Å²) in [6.45, 7) is 0.592. The molecule has 26 heavy (non-hydrogen) atoms. The number of aryl methyl sites for hydroxylation is 2. The molecule has 138 valence electrons. The van der Waals surface area contributed by atoms with Crippen molar-refractivity contribution in [3.8, 4) is 5.75 Å². The summed E-state index contributed by atoms with van der Waals surface area (Å²) in [5.74, 6) is -1.05. The van der Waals surface area contributed by atoms with Crippen molar-refractivity contribution in [3.63, 3.8) is 0 Å². The van der Waals surface area contributed by atoms with Crippen LogP contribution in [-0.2, 0) is 20.7 Å². The number of carbonyl (C=O) groups is 2. The maximum atomic E-state index is 12.1. The Morgan fingerprint density at radius 3 is 2.35 bits per heavy atom. The van der Waals surface area contributed by atoms with Gasteiger partial charge in [0.25, 0.3) is 5.91 Å². The molecule has 0 spiro atoms. The maximum absolute atomic E-state index is 12.1. The molecule has 0 aliphatic heterocycles. The van der Waals surface area contributed by atoms with E-state index in [0.717, 1.165) is 16.7 Å². The van der Waals surface area contributed by atoms with E-state index in [0.29, 0.717) is 5.69 Å². The molecular formula is C19H19F2NO4. The van der Waals surface area contributed by atoms with E-state index < -0.39 is 25.1 Å². The second-order valence-corrected chi connectivity index (χ2v) is 5.71. The molecule has 0 heterocycles. The van der Waals surface area contributed by atoms with Gasteiger partial charge in [0.15, 0.2) is 6.61 Å². The number of halogens is 2. The molecule has 2 aromatic rings. The number of alkyl halides is 2. The number of esters is 1. The lowest BCUT2D eigenvalue weighted by Gasteiger charge is -2.09. The molecule has 0 unspecified atom stereocenters. The molecule has 0 saturated heterocycles. The lowest BCUT2D eigenvalue weighted by molar-refractivity contribution is -0.146. The third-order valence-corrected chi connectivity index (χ3v) is 3.65. The van der Waals surface area contributed by atoms with Gasteiger partial charge in [-0.3, -0.25) is 9.59 Å². The quantitative estimate of drug-likeness (QED) is 0.763. The van der Waals surface area contributed by atoms with Gasteiger partial charge in [0.2, 0.25) is 0 Å². The number of rotatable bonds is 7. The van der Waals surface area contributed by atoms with Gasteiger partial charge in [-0.15, -0.1) is 0 Å². The molecule has 2 aromatic carbocycles. The molecule has 2 rings (SSSR count). The number of ether oxygens (including phenoxy) is 2. The van der Waals surface area contributed by atoms with Gasteiger partial charge in [-0.05, 0) is 54.8 Å². The van der Waals surface area contributed by atoms with E-state index in [1.165, 1.54) is 24.3 Å². The van der Waals surface area contributed by atoms with Crippen LogP contribution in [-0.4, -0.2) is 25.1 Å². The molecule has 5 nitrogen and oxygen atoms in total. The zero-order chi connectivity index (χ0) is 19.1. The summed E-state index contributed by atoms with van der Waals surface area (Å²) >= 11 is 0. The van der Waals surface area contributed by atoms with Crippen molar-refractivity contribution in [1.82, 2.24) is 0 Å². The number of anilines is 1. The first kappa shape index (κ1) is 19.4. The van der Waals surface area contributed by atoms with Crippen molar-refractivity contribution in [3.05, 3.63) is 59.2 Å². The molecule has 1 amide bonds. The van der Waals surface area contributed by atoms with E-state index in [2.05, 4.69) is 10.1 Å². The molecule has 7 heteroatoms. The Bertz CT molecular complexity index is 776. The summed E-state index contributed by atoms with van der Waals surface area (Å²) in [5.41, 5.74) is 3.40. The largest absolute Gasteiger partial charge is 0.455 e. The number of carbonyl (C=O) groups excluding carboxylic acids is 2. The molecule has 0 saturated carbocycles. The van der Waals surface area contributed by atoms with Gasteiger partial charge >= 0.3 is 12.6 Å². The Labute approximate surface area is 149 Å². The summed E-state index contributed by atoms with van der Waals surface area (Å²) in [6, 6.07) is 11.1. The van der Waals surface area contributed by atoms with Crippen LogP contribution in [0.15, 0.2) is 42.5 Å². The third-order valence-electron chi connectivity index (χ3n) is 3.65. The van der Waals surface area contributed by atoms with Crippen LogP contribution in [0.1, 0.15) is 16.7 Å². The second-order valence-electron chi connectivity index (χ2n) is 5.71. The van der Waals surface area contributed by atoms with Gasteiger partial charge in [-0.25, -0.2) is 0 Å². The van der Waals surface area contributed by atoms with E-state index >= 15 is 0 Å². The number of amides is 1. The van der Waals surface area contributed by atoms with E-state index in [4.69, 9.17) is 4.74 Å². The van der Waals surface area contributed by atoms with Crippen molar-refractivity contribution < 1.29 is 27.8 Å². The summed E-state index contributed by atoms with van der Waals surface area (Å²) in [4.78, 5) is 23.6. The lowest BCUT2D eigenvalue weighted by atomic mass is 10.0. The van der Waals surface area contributed by atoms with Crippen LogP contribution in [0.4, 0.5) is 14.5 Å². The molecule has 0 radical (unpaired) electrons.